The number of carbonyl (C=O) groups is 1. The summed E-state index contributed by atoms with van der Waals surface area (Å²) in [6.07, 6.45) is 0.105. The molecule has 0 radical (unpaired) electrons. The van der Waals surface area contributed by atoms with E-state index in [1.165, 1.54) is 12.1 Å². The Kier molecular flexibility index (Phi) is 6.25. The average Bonchev–Trinajstić information content (AvgIpc) is 2.74. The molecule has 0 unspecified atom stereocenters. The van der Waals surface area contributed by atoms with Crippen LogP contribution in [0.1, 0.15) is 11.1 Å². The first kappa shape index (κ1) is 22.0. The zero-order valence-electron chi connectivity index (χ0n) is 17.2. The lowest BCUT2D eigenvalue weighted by Crippen LogP contribution is -2.18. The molecule has 7 nitrogen and oxygen atoms in total. The first-order valence-corrected chi connectivity index (χ1v) is 11.7. The Morgan fingerprint density at radius 3 is 2.53 bits per heavy atom. The smallest absolute Gasteiger partial charge is 0.262 e. The maximum atomic E-state index is 12.9. The maximum Gasteiger partial charge on any atom is 0.262 e. The number of carbonyl (C=O) groups excluding carboxylic acids is 1. The molecular formula is C23H21ClN2O5S. The van der Waals surface area contributed by atoms with E-state index in [9.17, 15) is 13.2 Å². The van der Waals surface area contributed by atoms with Crippen LogP contribution in [-0.2, 0) is 21.2 Å². The maximum absolute atomic E-state index is 12.9. The Labute approximate surface area is 191 Å². The Hall–Kier alpha value is -3.23. The zero-order chi connectivity index (χ0) is 22.7. The van der Waals surface area contributed by atoms with Gasteiger partial charge in [0.05, 0.1) is 17.0 Å². The number of ether oxygens (including phenoxy) is 2. The number of amides is 1. The van der Waals surface area contributed by atoms with Gasteiger partial charge in [-0.3, -0.25) is 9.52 Å². The second kappa shape index (κ2) is 9.10. The second-order valence-corrected chi connectivity index (χ2v) is 9.39. The van der Waals surface area contributed by atoms with Crippen molar-refractivity contribution in [1.29, 1.82) is 0 Å². The quantitative estimate of drug-likeness (QED) is 0.554. The van der Waals surface area contributed by atoms with E-state index in [4.69, 9.17) is 21.1 Å². The lowest BCUT2D eigenvalue weighted by molar-refractivity contribution is -0.115. The molecule has 0 aromatic heterocycles. The van der Waals surface area contributed by atoms with E-state index < -0.39 is 10.0 Å². The monoisotopic (exact) mass is 472 g/mol. The van der Waals surface area contributed by atoms with Gasteiger partial charge in [-0.15, -0.1) is 0 Å². The van der Waals surface area contributed by atoms with E-state index in [1.807, 2.05) is 0 Å². The molecule has 0 bridgehead atoms. The second-order valence-electron chi connectivity index (χ2n) is 7.30. The van der Waals surface area contributed by atoms with Gasteiger partial charge in [0.25, 0.3) is 10.0 Å². The molecule has 0 fully saturated rings. The predicted octanol–water partition coefficient (Wildman–Crippen LogP) is 4.40. The van der Waals surface area contributed by atoms with Crippen molar-refractivity contribution < 1.29 is 22.7 Å². The molecule has 0 saturated heterocycles. The van der Waals surface area contributed by atoms with Crippen LogP contribution in [0, 0.1) is 6.92 Å². The molecule has 3 aromatic rings. The fourth-order valence-corrected chi connectivity index (χ4v) is 4.83. The molecule has 4 rings (SSSR count). The van der Waals surface area contributed by atoms with Gasteiger partial charge in [-0.1, -0.05) is 29.8 Å². The number of benzene rings is 3. The minimum atomic E-state index is -3.88. The molecular weight excluding hydrogens is 452 g/mol. The highest BCUT2D eigenvalue weighted by Crippen LogP contribution is 2.31. The van der Waals surface area contributed by atoms with Gasteiger partial charge in [0.2, 0.25) is 5.91 Å². The number of anilines is 2. The molecule has 3 aromatic carbocycles. The van der Waals surface area contributed by atoms with Gasteiger partial charge >= 0.3 is 0 Å². The highest BCUT2D eigenvalue weighted by molar-refractivity contribution is 7.92. The van der Waals surface area contributed by atoms with Crippen LogP contribution in [0.15, 0.2) is 65.6 Å². The van der Waals surface area contributed by atoms with Crippen LogP contribution in [0.2, 0.25) is 5.02 Å². The van der Waals surface area contributed by atoms with Gasteiger partial charge in [0.15, 0.2) is 11.5 Å². The number of nitrogens with one attached hydrogen (secondary N) is 2. The van der Waals surface area contributed by atoms with Gasteiger partial charge in [0, 0.05) is 10.7 Å². The summed E-state index contributed by atoms with van der Waals surface area (Å²) in [6, 6.07) is 16.5. The Morgan fingerprint density at radius 1 is 0.969 bits per heavy atom. The molecule has 166 valence electrons. The summed E-state index contributed by atoms with van der Waals surface area (Å²) in [6.45, 7) is 2.65. The third-order valence-corrected chi connectivity index (χ3v) is 6.57. The lowest BCUT2D eigenvalue weighted by atomic mass is 10.1. The van der Waals surface area contributed by atoms with Crippen molar-refractivity contribution in [3.63, 3.8) is 0 Å². The van der Waals surface area contributed by atoms with Crippen molar-refractivity contribution in [3.05, 3.63) is 76.8 Å². The Morgan fingerprint density at radius 2 is 1.75 bits per heavy atom. The molecule has 9 heteroatoms. The van der Waals surface area contributed by atoms with Gasteiger partial charge in [-0.05, 0) is 60.5 Å². The van der Waals surface area contributed by atoms with Crippen LogP contribution in [0.3, 0.4) is 0 Å². The fourth-order valence-electron chi connectivity index (χ4n) is 3.32. The Bertz CT molecular complexity index is 1280. The van der Waals surface area contributed by atoms with Crippen molar-refractivity contribution in [2.24, 2.45) is 0 Å². The summed E-state index contributed by atoms with van der Waals surface area (Å²) in [4.78, 5) is 12.6. The summed E-state index contributed by atoms with van der Waals surface area (Å²) in [5, 5.41) is 3.18. The van der Waals surface area contributed by atoms with Crippen molar-refractivity contribution in [3.8, 4) is 11.5 Å². The number of halogens is 1. The lowest BCUT2D eigenvalue weighted by Gasteiger charge is -2.18. The SMILES string of the molecule is Cc1ccc(NC(=O)Cc2ccc3c(c2)OCCO3)cc1S(=O)(=O)Nc1cccc(Cl)c1. The molecule has 1 aliphatic rings. The highest BCUT2D eigenvalue weighted by Gasteiger charge is 2.19. The molecule has 0 saturated carbocycles. The fraction of sp³-hybridized carbons (Fsp3) is 0.174. The van der Waals surface area contributed by atoms with Crippen LogP contribution >= 0.6 is 11.6 Å². The topological polar surface area (TPSA) is 93.7 Å². The van der Waals surface area contributed by atoms with E-state index in [-0.39, 0.29) is 17.2 Å². The normalized spacial score (nSPS) is 12.8. The van der Waals surface area contributed by atoms with Crippen LogP contribution in [0.5, 0.6) is 11.5 Å². The summed E-state index contributed by atoms with van der Waals surface area (Å²) < 4.78 is 39.4. The number of aryl methyl sites for hydroxylation is 1. The van der Waals surface area contributed by atoms with Gasteiger partial charge in [-0.2, -0.15) is 0 Å². The third kappa shape index (κ3) is 5.15. The minimum Gasteiger partial charge on any atom is -0.486 e. The van der Waals surface area contributed by atoms with E-state index in [2.05, 4.69) is 10.0 Å². The predicted molar refractivity (Wildman–Crippen MR) is 123 cm³/mol. The van der Waals surface area contributed by atoms with Crippen LogP contribution in [0.4, 0.5) is 11.4 Å². The Balaban J connectivity index is 1.49. The molecule has 2 N–H and O–H groups in total. The van der Waals surface area contributed by atoms with Crippen molar-refractivity contribution in [1.82, 2.24) is 0 Å². The molecule has 1 aliphatic heterocycles. The van der Waals surface area contributed by atoms with E-state index in [1.54, 1.807) is 55.5 Å². The van der Waals surface area contributed by atoms with E-state index in [0.717, 1.165) is 5.56 Å². The standard InChI is InChI=1S/C23H21ClN2O5S/c1-15-5-7-18(14-22(15)32(28,29)26-19-4-2-3-17(24)13-19)25-23(27)12-16-6-8-20-21(11-16)31-10-9-30-20/h2-8,11,13-14,26H,9-10,12H2,1H3,(H,25,27). The zero-order valence-corrected chi connectivity index (χ0v) is 18.8. The molecule has 1 amide bonds. The highest BCUT2D eigenvalue weighted by atomic mass is 35.5. The summed E-state index contributed by atoms with van der Waals surface area (Å²) >= 11 is 5.94. The van der Waals surface area contributed by atoms with Crippen molar-refractivity contribution in [2.45, 2.75) is 18.2 Å². The first-order chi connectivity index (χ1) is 15.3. The number of hydrogen-bond acceptors (Lipinski definition) is 5. The van der Waals surface area contributed by atoms with Gasteiger partial charge in [0.1, 0.15) is 13.2 Å². The van der Waals surface area contributed by atoms with E-state index in [0.29, 0.717) is 46.7 Å². The average molecular weight is 473 g/mol. The molecule has 1 heterocycles. The van der Waals surface area contributed by atoms with Crippen molar-refractivity contribution >= 4 is 38.9 Å². The molecule has 0 spiro atoms. The first-order valence-electron chi connectivity index (χ1n) is 9.87. The van der Waals surface area contributed by atoms with Crippen LogP contribution in [0.25, 0.3) is 0 Å². The van der Waals surface area contributed by atoms with Gasteiger partial charge < -0.3 is 14.8 Å². The summed E-state index contributed by atoms with van der Waals surface area (Å²) in [5.41, 5.74) is 2.04. The number of fused-ring (bicyclic) bond motifs is 1. The molecule has 0 atom stereocenters. The number of rotatable bonds is 6. The largest absolute Gasteiger partial charge is 0.486 e. The molecule has 0 aliphatic carbocycles. The van der Waals surface area contributed by atoms with Crippen LogP contribution in [-0.4, -0.2) is 27.5 Å². The van der Waals surface area contributed by atoms with Crippen LogP contribution < -0.4 is 19.5 Å². The number of sulfonamides is 1. The minimum absolute atomic E-state index is 0.0644. The van der Waals surface area contributed by atoms with Crippen molar-refractivity contribution in [2.75, 3.05) is 23.3 Å². The molecule has 32 heavy (non-hydrogen) atoms. The van der Waals surface area contributed by atoms with E-state index >= 15 is 0 Å². The summed E-state index contributed by atoms with van der Waals surface area (Å²) in [7, 11) is -3.88. The third-order valence-electron chi connectivity index (χ3n) is 4.81. The number of hydrogen-bond donors (Lipinski definition) is 2. The van der Waals surface area contributed by atoms with Gasteiger partial charge in [-0.25, -0.2) is 8.42 Å². The summed E-state index contributed by atoms with van der Waals surface area (Å²) in [5.74, 6) is 0.982.